The third kappa shape index (κ3) is 3.95. The summed E-state index contributed by atoms with van der Waals surface area (Å²) < 4.78 is 36.3. The predicted molar refractivity (Wildman–Crippen MR) is 113 cm³/mol. The number of carboxylic acid groups (broad SMARTS) is 1. The van der Waals surface area contributed by atoms with Crippen LogP contribution in [0.15, 0.2) is 30.5 Å². The summed E-state index contributed by atoms with van der Waals surface area (Å²) in [5.74, 6) is -2.41. The molecule has 32 heavy (non-hydrogen) atoms. The number of benzene rings is 1. The van der Waals surface area contributed by atoms with Gasteiger partial charge in [0, 0.05) is 25.3 Å². The highest BCUT2D eigenvalue weighted by molar-refractivity contribution is 5.90. The first-order chi connectivity index (χ1) is 15.3. The molecule has 1 amide bonds. The van der Waals surface area contributed by atoms with E-state index >= 15 is 8.78 Å². The van der Waals surface area contributed by atoms with Gasteiger partial charge in [-0.2, -0.15) is 0 Å². The van der Waals surface area contributed by atoms with Gasteiger partial charge in [-0.05, 0) is 49.6 Å². The molecule has 1 fully saturated rings. The van der Waals surface area contributed by atoms with E-state index in [0.717, 1.165) is 24.8 Å². The molecular formula is C22H22F2N4O4. The van der Waals surface area contributed by atoms with Crippen molar-refractivity contribution in [1.82, 2.24) is 14.3 Å². The molecule has 1 aliphatic heterocycles. The number of imidazole rings is 1. The first kappa shape index (κ1) is 21.5. The molecule has 4 rings (SSSR count). The summed E-state index contributed by atoms with van der Waals surface area (Å²) in [5.41, 5.74) is 0.799. The number of anilines is 1. The van der Waals surface area contributed by atoms with Crippen LogP contribution >= 0.6 is 0 Å². The Labute approximate surface area is 182 Å². The molecule has 2 aromatic heterocycles. The van der Waals surface area contributed by atoms with Crippen molar-refractivity contribution >= 4 is 23.5 Å². The van der Waals surface area contributed by atoms with E-state index < -0.39 is 23.7 Å². The van der Waals surface area contributed by atoms with Crippen molar-refractivity contribution < 1.29 is 28.2 Å². The molecule has 3 heterocycles. The van der Waals surface area contributed by atoms with E-state index in [0.29, 0.717) is 30.9 Å². The van der Waals surface area contributed by atoms with Gasteiger partial charge >= 0.3 is 12.1 Å². The number of methoxy groups -OCH3 is 1. The monoisotopic (exact) mass is 444 g/mol. The van der Waals surface area contributed by atoms with Crippen LogP contribution in [-0.4, -0.2) is 57.7 Å². The van der Waals surface area contributed by atoms with Gasteiger partial charge in [0.05, 0.1) is 18.2 Å². The average Bonchev–Trinajstić information content (AvgIpc) is 3.09. The fourth-order valence-corrected chi connectivity index (χ4v) is 3.96. The van der Waals surface area contributed by atoms with Crippen LogP contribution in [-0.2, 0) is 4.74 Å². The lowest BCUT2D eigenvalue weighted by Gasteiger charge is -2.31. The minimum atomic E-state index is -1.01. The van der Waals surface area contributed by atoms with Gasteiger partial charge in [0.15, 0.2) is 0 Å². The summed E-state index contributed by atoms with van der Waals surface area (Å²) in [4.78, 5) is 28.9. The molecule has 0 spiro atoms. The number of amides is 1. The van der Waals surface area contributed by atoms with Crippen molar-refractivity contribution in [2.45, 2.75) is 25.8 Å². The van der Waals surface area contributed by atoms with Crippen LogP contribution in [0.2, 0.25) is 0 Å². The van der Waals surface area contributed by atoms with E-state index in [1.165, 1.54) is 4.90 Å². The maximum Gasteiger partial charge on any atom is 0.407 e. The van der Waals surface area contributed by atoms with Gasteiger partial charge in [-0.3, -0.25) is 4.40 Å². The molecule has 10 heteroatoms. The molecule has 3 aromatic rings. The number of esters is 1. The number of likely N-dealkylation sites (tertiary alicyclic amines) is 1. The Bertz CT molecular complexity index is 1190. The van der Waals surface area contributed by atoms with Crippen molar-refractivity contribution in [3.63, 3.8) is 0 Å². The molecule has 1 atom stereocenters. The summed E-state index contributed by atoms with van der Waals surface area (Å²) in [6.45, 7) is 2.55. The molecule has 0 aliphatic carbocycles. The quantitative estimate of drug-likeness (QED) is 0.592. The SMILES string of the molecule is COC(=O)c1cc(F)c(-c2nc3cc(C)ccn3c2N[C@@H]2CCCN(C(=O)O)C2)c(F)c1. The van der Waals surface area contributed by atoms with E-state index in [1.807, 2.05) is 13.0 Å². The van der Waals surface area contributed by atoms with Crippen molar-refractivity contribution in [2.75, 3.05) is 25.5 Å². The lowest BCUT2D eigenvalue weighted by atomic mass is 10.0. The Hall–Kier alpha value is -3.69. The molecule has 0 saturated carbocycles. The van der Waals surface area contributed by atoms with Gasteiger partial charge in [-0.1, -0.05) is 0 Å². The fourth-order valence-electron chi connectivity index (χ4n) is 3.96. The third-order valence-corrected chi connectivity index (χ3v) is 5.51. The average molecular weight is 444 g/mol. The van der Waals surface area contributed by atoms with Gasteiger partial charge < -0.3 is 20.1 Å². The summed E-state index contributed by atoms with van der Waals surface area (Å²) in [6.07, 6.45) is 2.07. The van der Waals surface area contributed by atoms with Crippen molar-refractivity contribution in [1.29, 1.82) is 0 Å². The standard InChI is InChI=1S/C22H22F2N4O4/c1-12-5-7-28-17(8-12)26-19(18-15(23)9-13(10-16(18)24)21(29)32-2)20(28)25-14-4-3-6-27(11-14)22(30)31/h5,7-10,14,25H,3-4,6,11H2,1-2H3,(H,30,31)/t14-/m1/s1. The number of nitrogens with one attached hydrogen (secondary N) is 1. The Morgan fingerprint density at radius 2 is 1.97 bits per heavy atom. The predicted octanol–water partition coefficient (Wildman–Crippen LogP) is 3.93. The highest BCUT2D eigenvalue weighted by Gasteiger charge is 2.28. The Balaban J connectivity index is 1.82. The molecular weight excluding hydrogens is 422 g/mol. The zero-order valence-electron chi connectivity index (χ0n) is 17.6. The van der Waals surface area contributed by atoms with E-state index in [9.17, 15) is 14.7 Å². The minimum Gasteiger partial charge on any atom is -0.465 e. The molecule has 1 aromatic carbocycles. The number of hydrogen-bond donors (Lipinski definition) is 2. The van der Waals surface area contributed by atoms with Crippen LogP contribution in [0.5, 0.6) is 0 Å². The van der Waals surface area contributed by atoms with Crippen LogP contribution < -0.4 is 5.32 Å². The van der Waals surface area contributed by atoms with Gasteiger partial charge in [0.1, 0.15) is 28.8 Å². The largest absolute Gasteiger partial charge is 0.465 e. The molecule has 1 aliphatic rings. The van der Waals surface area contributed by atoms with E-state index in [1.54, 1.807) is 16.7 Å². The number of aromatic nitrogens is 2. The van der Waals surface area contributed by atoms with Crippen molar-refractivity contribution in [3.8, 4) is 11.3 Å². The fraction of sp³-hybridized carbons (Fsp3) is 0.318. The Kier molecular flexibility index (Phi) is 5.68. The second kappa shape index (κ2) is 8.45. The maximum absolute atomic E-state index is 15.0. The number of rotatable bonds is 4. The molecule has 0 bridgehead atoms. The van der Waals surface area contributed by atoms with Crippen molar-refractivity contribution in [3.05, 3.63) is 53.2 Å². The van der Waals surface area contributed by atoms with Crippen LogP contribution in [0.25, 0.3) is 16.9 Å². The second-order valence-electron chi connectivity index (χ2n) is 7.76. The summed E-state index contributed by atoms with van der Waals surface area (Å²) in [6, 6.07) is 5.17. The second-order valence-corrected chi connectivity index (χ2v) is 7.76. The Morgan fingerprint density at radius 3 is 2.62 bits per heavy atom. The number of carbonyl (C=O) groups excluding carboxylic acids is 1. The number of carbonyl (C=O) groups is 2. The molecule has 0 unspecified atom stereocenters. The van der Waals surface area contributed by atoms with Gasteiger partial charge in [0.2, 0.25) is 0 Å². The number of hydrogen-bond acceptors (Lipinski definition) is 5. The summed E-state index contributed by atoms with van der Waals surface area (Å²) in [7, 11) is 1.13. The molecule has 0 radical (unpaired) electrons. The first-order valence-electron chi connectivity index (χ1n) is 10.1. The molecule has 168 valence electrons. The van der Waals surface area contributed by atoms with E-state index in [2.05, 4.69) is 15.0 Å². The number of halogens is 2. The van der Waals surface area contributed by atoms with Gasteiger partial charge in [0.25, 0.3) is 0 Å². The molecule has 2 N–H and O–H groups in total. The highest BCUT2D eigenvalue weighted by atomic mass is 19.1. The lowest BCUT2D eigenvalue weighted by Crippen LogP contribution is -2.44. The topological polar surface area (TPSA) is 96.2 Å². The van der Waals surface area contributed by atoms with Crippen LogP contribution in [0, 0.1) is 18.6 Å². The van der Waals surface area contributed by atoms with E-state index in [4.69, 9.17) is 0 Å². The normalized spacial score (nSPS) is 16.2. The Morgan fingerprint density at radius 1 is 1.25 bits per heavy atom. The van der Waals surface area contributed by atoms with E-state index in [-0.39, 0.29) is 29.4 Å². The zero-order valence-corrected chi connectivity index (χ0v) is 17.6. The lowest BCUT2D eigenvalue weighted by molar-refractivity contribution is 0.0599. The smallest absolute Gasteiger partial charge is 0.407 e. The summed E-state index contributed by atoms with van der Waals surface area (Å²) in [5, 5.41) is 12.6. The number of fused-ring (bicyclic) bond motifs is 1. The van der Waals surface area contributed by atoms with Crippen LogP contribution in [0.4, 0.5) is 19.4 Å². The van der Waals surface area contributed by atoms with Crippen LogP contribution in [0.1, 0.15) is 28.8 Å². The molecule has 8 nitrogen and oxygen atoms in total. The van der Waals surface area contributed by atoms with Gasteiger partial charge in [-0.15, -0.1) is 0 Å². The first-order valence-corrected chi connectivity index (χ1v) is 10.1. The van der Waals surface area contributed by atoms with Gasteiger partial charge in [-0.25, -0.2) is 23.4 Å². The van der Waals surface area contributed by atoms with Crippen molar-refractivity contribution in [2.24, 2.45) is 0 Å². The number of aryl methyl sites for hydroxylation is 1. The summed E-state index contributed by atoms with van der Waals surface area (Å²) >= 11 is 0. The highest BCUT2D eigenvalue weighted by Crippen LogP contribution is 2.34. The van der Waals surface area contributed by atoms with Crippen LogP contribution in [0.3, 0.4) is 0 Å². The third-order valence-electron chi connectivity index (χ3n) is 5.51. The minimum absolute atomic E-state index is 0.0365. The molecule has 1 saturated heterocycles. The number of nitrogens with zero attached hydrogens (tertiary/aromatic N) is 3. The number of pyridine rings is 1. The number of ether oxygens (including phenoxy) is 1. The maximum atomic E-state index is 15.0. The zero-order chi connectivity index (χ0) is 23.0. The number of piperidine rings is 1.